The van der Waals surface area contributed by atoms with Crippen LogP contribution in [-0.2, 0) is 19.1 Å². The third kappa shape index (κ3) is 4.39. The van der Waals surface area contributed by atoms with Crippen LogP contribution < -0.4 is 4.90 Å². The maximum atomic E-state index is 13.3. The molecule has 0 bridgehead atoms. The average molecular weight is 414 g/mol. The number of amides is 3. The Hall–Kier alpha value is -3.10. The quantitative estimate of drug-likeness (QED) is 0.514. The standard InChI is InChI=1S/C22H23FN2O5/c1-14-4-10-17(11-5-14)25-19(26)12-18(22(25)28)24(13-20(29-2)30-3)21(27)15-6-8-16(23)9-7-15/h4-11,18,20H,12-13H2,1-3H3. The molecule has 1 aliphatic rings. The highest BCUT2D eigenvalue weighted by atomic mass is 19.1. The predicted molar refractivity (Wildman–Crippen MR) is 107 cm³/mol. The van der Waals surface area contributed by atoms with Crippen LogP contribution in [0, 0.1) is 12.7 Å². The maximum Gasteiger partial charge on any atom is 0.257 e. The Morgan fingerprint density at radius 3 is 2.27 bits per heavy atom. The second kappa shape index (κ2) is 9.15. The van der Waals surface area contributed by atoms with Gasteiger partial charge in [-0.3, -0.25) is 14.4 Å². The van der Waals surface area contributed by atoms with Crippen LogP contribution in [-0.4, -0.2) is 55.7 Å². The molecule has 3 rings (SSSR count). The lowest BCUT2D eigenvalue weighted by Crippen LogP contribution is -2.49. The molecule has 0 saturated carbocycles. The number of rotatable bonds is 7. The molecule has 158 valence electrons. The number of hydrogen-bond acceptors (Lipinski definition) is 5. The molecule has 0 radical (unpaired) electrons. The van der Waals surface area contributed by atoms with Gasteiger partial charge in [0.25, 0.3) is 11.8 Å². The Morgan fingerprint density at radius 1 is 1.10 bits per heavy atom. The molecule has 1 saturated heterocycles. The number of carbonyl (C=O) groups is 3. The zero-order chi connectivity index (χ0) is 21.8. The first-order valence-electron chi connectivity index (χ1n) is 9.41. The molecule has 0 spiro atoms. The van der Waals surface area contributed by atoms with Gasteiger partial charge in [-0.2, -0.15) is 0 Å². The Bertz CT molecular complexity index is 926. The normalized spacial score (nSPS) is 16.4. The number of benzene rings is 2. The zero-order valence-electron chi connectivity index (χ0n) is 17.0. The molecule has 2 aromatic rings. The summed E-state index contributed by atoms with van der Waals surface area (Å²) >= 11 is 0. The summed E-state index contributed by atoms with van der Waals surface area (Å²) in [5.41, 5.74) is 1.63. The molecule has 2 aromatic carbocycles. The third-order valence-corrected chi connectivity index (χ3v) is 5.01. The summed E-state index contributed by atoms with van der Waals surface area (Å²) in [5, 5.41) is 0. The van der Waals surface area contributed by atoms with Crippen molar-refractivity contribution >= 4 is 23.4 Å². The van der Waals surface area contributed by atoms with Crippen LogP contribution in [0.15, 0.2) is 48.5 Å². The van der Waals surface area contributed by atoms with E-state index in [-0.39, 0.29) is 18.5 Å². The van der Waals surface area contributed by atoms with Gasteiger partial charge in [0.15, 0.2) is 6.29 Å². The van der Waals surface area contributed by atoms with Crippen molar-refractivity contribution < 1.29 is 28.2 Å². The molecule has 8 heteroatoms. The number of nitrogens with zero attached hydrogens (tertiary/aromatic N) is 2. The summed E-state index contributed by atoms with van der Waals surface area (Å²) in [6.45, 7) is 1.83. The van der Waals surface area contributed by atoms with Crippen molar-refractivity contribution in [3.63, 3.8) is 0 Å². The van der Waals surface area contributed by atoms with E-state index in [1.54, 1.807) is 24.3 Å². The van der Waals surface area contributed by atoms with Crippen LogP contribution in [0.25, 0.3) is 0 Å². The summed E-state index contributed by atoms with van der Waals surface area (Å²) in [5.74, 6) is -1.92. The Morgan fingerprint density at radius 2 is 1.70 bits per heavy atom. The molecular formula is C22H23FN2O5. The molecular weight excluding hydrogens is 391 g/mol. The largest absolute Gasteiger partial charge is 0.354 e. The van der Waals surface area contributed by atoms with Gasteiger partial charge in [0.2, 0.25) is 5.91 Å². The molecule has 1 fully saturated rings. The first-order valence-corrected chi connectivity index (χ1v) is 9.41. The van der Waals surface area contributed by atoms with E-state index in [1.807, 2.05) is 6.92 Å². The topological polar surface area (TPSA) is 76.2 Å². The third-order valence-electron chi connectivity index (χ3n) is 5.01. The van der Waals surface area contributed by atoms with Gasteiger partial charge < -0.3 is 14.4 Å². The lowest BCUT2D eigenvalue weighted by molar-refractivity contribution is -0.128. The van der Waals surface area contributed by atoms with E-state index >= 15 is 0 Å². The van der Waals surface area contributed by atoms with E-state index in [0.717, 1.165) is 22.6 Å². The number of ether oxygens (including phenoxy) is 2. The molecule has 1 unspecified atom stereocenters. The van der Waals surface area contributed by atoms with Crippen molar-refractivity contribution in [2.24, 2.45) is 0 Å². The molecule has 1 aliphatic heterocycles. The number of imide groups is 1. The molecule has 0 N–H and O–H groups in total. The fourth-order valence-electron chi connectivity index (χ4n) is 3.34. The molecule has 0 aliphatic carbocycles. The smallest absolute Gasteiger partial charge is 0.257 e. The van der Waals surface area contributed by atoms with Crippen LogP contribution in [0.1, 0.15) is 22.3 Å². The van der Waals surface area contributed by atoms with E-state index in [1.165, 1.54) is 31.3 Å². The van der Waals surface area contributed by atoms with Gasteiger partial charge >= 0.3 is 0 Å². The minimum Gasteiger partial charge on any atom is -0.354 e. The number of halogens is 1. The lowest BCUT2D eigenvalue weighted by atomic mass is 10.1. The fraction of sp³-hybridized carbons (Fsp3) is 0.318. The molecule has 1 atom stereocenters. The molecule has 7 nitrogen and oxygen atoms in total. The number of methoxy groups -OCH3 is 2. The van der Waals surface area contributed by atoms with Crippen molar-refractivity contribution in [2.75, 3.05) is 25.7 Å². The minimum absolute atomic E-state index is 0.0748. The Labute approximate surface area is 174 Å². The summed E-state index contributed by atoms with van der Waals surface area (Å²) in [6, 6.07) is 10.9. The minimum atomic E-state index is -1.02. The van der Waals surface area contributed by atoms with Crippen molar-refractivity contribution in [1.29, 1.82) is 0 Å². The van der Waals surface area contributed by atoms with E-state index < -0.39 is 35.9 Å². The van der Waals surface area contributed by atoms with Crippen molar-refractivity contribution in [3.8, 4) is 0 Å². The van der Waals surface area contributed by atoms with Crippen LogP contribution >= 0.6 is 0 Å². The van der Waals surface area contributed by atoms with E-state index in [2.05, 4.69) is 0 Å². The summed E-state index contributed by atoms with van der Waals surface area (Å²) in [7, 11) is 2.82. The second-order valence-corrected chi connectivity index (χ2v) is 6.99. The van der Waals surface area contributed by atoms with Gasteiger partial charge in [-0.15, -0.1) is 0 Å². The summed E-state index contributed by atoms with van der Waals surface area (Å²) < 4.78 is 23.7. The molecule has 1 heterocycles. The number of aryl methyl sites for hydroxylation is 1. The SMILES string of the molecule is COC(CN(C(=O)c1ccc(F)cc1)C1CC(=O)N(c2ccc(C)cc2)C1=O)OC. The fourth-order valence-corrected chi connectivity index (χ4v) is 3.34. The number of hydrogen-bond donors (Lipinski definition) is 0. The lowest BCUT2D eigenvalue weighted by Gasteiger charge is -2.30. The van der Waals surface area contributed by atoms with Crippen LogP contribution in [0.4, 0.5) is 10.1 Å². The van der Waals surface area contributed by atoms with Crippen molar-refractivity contribution in [3.05, 3.63) is 65.5 Å². The van der Waals surface area contributed by atoms with Crippen LogP contribution in [0.2, 0.25) is 0 Å². The zero-order valence-corrected chi connectivity index (χ0v) is 17.0. The maximum absolute atomic E-state index is 13.3. The van der Waals surface area contributed by atoms with E-state index in [4.69, 9.17) is 9.47 Å². The Kier molecular flexibility index (Phi) is 6.59. The van der Waals surface area contributed by atoms with Gasteiger partial charge in [0, 0.05) is 19.8 Å². The first kappa shape index (κ1) is 21.6. The van der Waals surface area contributed by atoms with Gasteiger partial charge in [-0.1, -0.05) is 17.7 Å². The Balaban J connectivity index is 1.93. The number of carbonyl (C=O) groups excluding carboxylic acids is 3. The highest BCUT2D eigenvalue weighted by molar-refractivity contribution is 6.23. The van der Waals surface area contributed by atoms with E-state index in [9.17, 15) is 18.8 Å². The van der Waals surface area contributed by atoms with Crippen molar-refractivity contribution in [2.45, 2.75) is 25.7 Å². The second-order valence-electron chi connectivity index (χ2n) is 6.99. The molecule has 3 amide bonds. The van der Waals surface area contributed by atoms with Gasteiger partial charge in [-0.05, 0) is 43.3 Å². The predicted octanol–water partition coefficient (Wildman–Crippen LogP) is 2.53. The monoisotopic (exact) mass is 414 g/mol. The van der Waals surface area contributed by atoms with Gasteiger partial charge in [0.1, 0.15) is 11.9 Å². The first-order chi connectivity index (χ1) is 14.3. The van der Waals surface area contributed by atoms with Gasteiger partial charge in [-0.25, -0.2) is 9.29 Å². The average Bonchev–Trinajstić information content (AvgIpc) is 3.03. The molecule has 30 heavy (non-hydrogen) atoms. The number of anilines is 1. The molecule has 0 aromatic heterocycles. The highest BCUT2D eigenvalue weighted by Crippen LogP contribution is 2.27. The highest BCUT2D eigenvalue weighted by Gasteiger charge is 2.45. The van der Waals surface area contributed by atoms with E-state index in [0.29, 0.717) is 5.69 Å². The van der Waals surface area contributed by atoms with Crippen LogP contribution in [0.5, 0.6) is 0 Å². The summed E-state index contributed by atoms with van der Waals surface area (Å²) in [4.78, 5) is 41.3. The van der Waals surface area contributed by atoms with Crippen molar-refractivity contribution in [1.82, 2.24) is 4.90 Å². The van der Waals surface area contributed by atoms with Crippen LogP contribution in [0.3, 0.4) is 0 Å². The van der Waals surface area contributed by atoms with Gasteiger partial charge in [0.05, 0.1) is 18.7 Å². The summed E-state index contributed by atoms with van der Waals surface area (Å²) in [6.07, 6.45) is -0.967.